The predicted molar refractivity (Wildman–Crippen MR) is 64.3 cm³/mol. The molecule has 90 valence electrons. The average Bonchev–Trinajstić information content (AvgIpc) is 2.34. The second-order valence-electron chi connectivity index (χ2n) is 3.62. The van der Waals surface area contributed by atoms with Gasteiger partial charge in [0.2, 0.25) is 0 Å². The van der Waals surface area contributed by atoms with Crippen molar-refractivity contribution in [3.63, 3.8) is 0 Å². The Morgan fingerprint density at radius 2 is 1.94 bits per heavy atom. The Kier molecular flexibility index (Phi) is 5.12. The molecule has 0 atom stereocenters. The molecule has 0 bridgehead atoms. The van der Waals surface area contributed by atoms with Crippen LogP contribution in [0.5, 0.6) is 11.5 Å². The molecule has 0 saturated heterocycles. The van der Waals surface area contributed by atoms with E-state index in [1.54, 1.807) is 14.2 Å². The van der Waals surface area contributed by atoms with Crippen LogP contribution in [0.15, 0.2) is 12.1 Å². The first-order chi connectivity index (χ1) is 7.78. The maximum absolute atomic E-state index is 8.91. The zero-order chi connectivity index (χ0) is 12.0. The molecule has 0 spiro atoms. The fourth-order valence-corrected chi connectivity index (χ4v) is 1.89. The fourth-order valence-electron chi connectivity index (χ4n) is 1.89. The van der Waals surface area contributed by atoms with Gasteiger partial charge in [0.05, 0.1) is 14.2 Å². The second kappa shape index (κ2) is 6.38. The number of methoxy groups -OCH3 is 2. The summed E-state index contributed by atoms with van der Waals surface area (Å²) in [6, 6.07) is 3.99. The molecule has 16 heavy (non-hydrogen) atoms. The van der Waals surface area contributed by atoms with Crippen molar-refractivity contribution in [1.29, 1.82) is 0 Å². The van der Waals surface area contributed by atoms with Crippen LogP contribution in [0.4, 0.5) is 0 Å². The summed E-state index contributed by atoms with van der Waals surface area (Å²) in [6.45, 7) is 2.31. The molecule has 0 aliphatic rings. The summed E-state index contributed by atoms with van der Waals surface area (Å²) in [6.07, 6.45) is 2.53. The SMILES string of the molecule is CCc1ccc(OC)c(OC)c1CCCO. The third-order valence-corrected chi connectivity index (χ3v) is 2.71. The van der Waals surface area contributed by atoms with Gasteiger partial charge in [-0.2, -0.15) is 0 Å². The zero-order valence-corrected chi connectivity index (χ0v) is 10.2. The van der Waals surface area contributed by atoms with E-state index < -0.39 is 0 Å². The van der Waals surface area contributed by atoms with Crippen LogP contribution in [0.1, 0.15) is 24.5 Å². The van der Waals surface area contributed by atoms with Crippen LogP contribution in [0, 0.1) is 0 Å². The summed E-state index contributed by atoms with van der Waals surface area (Å²) in [5, 5.41) is 8.91. The standard InChI is InChI=1S/C13H20O3/c1-4-10-7-8-12(15-2)13(16-3)11(10)6-5-9-14/h7-8,14H,4-6,9H2,1-3H3. The van der Waals surface area contributed by atoms with Gasteiger partial charge in [-0.1, -0.05) is 13.0 Å². The monoisotopic (exact) mass is 224 g/mol. The molecule has 0 fully saturated rings. The molecule has 1 aromatic rings. The van der Waals surface area contributed by atoms with Gasteiger partial charge in [-0.25, -0.2) is 0 Å². The first-order valence-corrected chi connectivity index (χ1v) is 5.62. The molecule has 1 rings (SSSR count). The number of benzene rings is 1. The smallest absolute Gasteiger partial charge is 0.164 e. The lowest BCUT2D eigenvalue weighted by atomic mass is 9.99. The average molecular weight is 224 g/mol. The summed E-state index contributed by atoms with van der Waals surface area (Å²) in [5.74, 6) is 1.56. The summed E-state index contributed by atoms with van der Waals surface area (Å²) >= 11 is 0. The lowest BCUT2D eigenvalue weighted by Crippen LogP contribution is -2.01. The van der Waals surface area contributed by atoms with E-state index in [2.05, 4.69) is 13.0 Å². The van der Waals surface area contributed by atoms with Crippen molar-refractivity contribution in [2.75, 3.05) is 20.8 Å². The topological polar surface area (TPSA) is 38.7 Å². The lowest BCUT2D eigenvalue weighted by molar-refractivity contribution is 0.287. The molecular formula is C13H20O3. The van der Waals surface area contributed by atoms with Gasteiger partial charge in [0.25, 0.3) is 0 Å². The molecule has 0 radical (unpaired) electrons. The van der Waals surface area contributed by atoms with Gasteiger partial charge in [0.1, 0.15) is 0 Å². The molecule has 1 N–H and O–H groups in total. The van der Waals surface area contributed by atoms with E-state index in [1.807, 2.05) is 6.07 Å². The number of ether oxygens (including phenoxy) is 2. The van der Waals surface area contributed by atoms with Crippen LogP contribution in [0.2, 0.25) is 0 Å². The minimum atomic E-state index is 0.198. The summed E-state index contributed by atoms with van der Waals surface area (Å²) in [5.41, 5.74) is 2.41. The Morgan fingerprint density at radius 1 is 1.19 bits per heavy atom. The van der Waals surface area contributed by atoms with Crippen LogP contribution in [-0.2, 0) is 12.8 Å². The van der Waals surface area contributed by atoms with E-state index in [0.29, 0.717) is 0 Å². The number of aliphatic hydroxyl groups excluding tert-OH is 1. The third-order valence-electron chi connectivity index (χ3n) is 2.71. The zero-order valence-electron chi connectivity index (χ0n) is 10.2. The number of rotatable bonds is 6. The Hall–Kier alpha value is -1.22. The molecular weight excluding hydrogens is 204 g/mol. The molecule has 0 aromatic heterocycles. The Bertz CT molecular complexity index is 334. The Morgan fingerprint density at radius 3 is 2.44 bits per heavy atom. The molecule has 0 aliphatic carbocycles. The van der Waals surface area contributed by atoms with Crippen LogP contribution in [0.3, 0.4) is 0 Å². The molecule has 0 amide bonds. The highest BCUT2D eigenvalue weighted by Crippen LogP contribution is 2.34. The van der Waals surface area contributed by atoms with E-state index in [9.17, 15) is 0 Å². The van der Waals surface area contributed by atoms with Gasteiger partial charge in [0.15, 0.2) is 11.5 Å². The lowest BCUT2D eigenvalue weighted by Gasteiger charge is -2.16. The quantitative estimate of drug-likeness (QED) is 0.805. The molecule has 1 aromatic carbocycles. The summed E-state index contributed by atoms with van der Waals surface area (Å²) in [7, 11) is 3.29. The van der Waals surface area contributed by atoms with E-state index in [4.69, 9.17) is 14.6 Å². The molecule has 3 nitrogen and oxygen atoms in total. The summed E-state index contributed by atoms with van der Waals surface area (Å²) in [4.78, 5) is 0. The van der Waals surface area contributed by atoms with Gasteiger partial charge < -0.3 is 14.6 Å². The second-order valence-corrected chi connectivity index (χ2v) is 3.62. The van der Waals surface area contributed by atoms with Crippen LogP contribution in [0.25, 0.3) is 0 Å². The molecule has 0 aliphatic heterocycles. The number of hydrogen-bond acceptors (Lipinski definition) is 3. The molecule has 3 heteroatoms. The first-order valence-electron chi connectivity index (χ1n) is 5.62. The van der Waals surface area contributed by atoms with Crippen molar-refractivity contribution in [3.05, 3.63) is 23.3 Å². The maximum atomic E-state index is 8.91. The summed E-state index contributed by atoms with van der Waals surface area (Å²) < 4.78 is 10.7. The predicted octanol–water partition coefficient (Wildman–Crippen LogP) is 2.19. The van der Waals surface area contributed by atoms with Crippen molar-refractivity contribution in [2.45, 2.75) is 26.2 Å². The van der Waals surface area contributed by atoms with Gasteiger partial charge >= 0.3 is 0 Å². The van der Waals surface area contributed by atoms with Gasteiger partial charge in [-0.3, -0.25) is 0 Å². The van der Waals surface area contributed by atoms with Crippen LogP contribution in [-0.4, -0.2) is 25.9 Å². The van der Waals surface area contributed by atoms with E-state index >= 15 is 0 Å². The Balaban J connectivity index is 3.14. The van der Waals surface area contributed by atoms with Gasteiger partial charge in [-0.05, 0) is 30.9 Å². The van der Waals surface area contributed by atoms with Crippen molar-refractivity contribution in [3.8, 4) is 11.5 Å². The molecule has 0 heterocycles. The minimum absolute atomic E-state index is 0.198. The number of aryl methyl sites for hydroxylation is 1. The first kappa shape index (κ1) is 12.8. The molecule has 0 saturated carbocycles. The van der Waals surface area contributed by atoms with Crippen LogP contribution < -0.4 is 9.47 Å². The third kappa shape index (κ3) is 2.67. The van der Waals surface area contributed by atoms with Crippen molar-refractivity contribution in [2.24, 2.45) is 0 Å². The largest absolute Gasteiger partial charge is 0.493 e. The minimum Gasteiger partial charge on any atom is -0.493 e. The number of aliphatic hydroxyl groups is 1. The highest BCUT2D eigenvalue weighted by Gasteiger charge is 2.13. The maximum Gasteiger partial charge on any atom is 0.164 e. The van der Waals surface area contributed by atoms with Crippen molar-refractivity contribution in [1.82, 2.24) is 0 Å². The normalized spacial score (nSPS) is 10.2. The molecule has 0 unspecified atom stereocenters. The van der Waals surface area contributed by atoms with E-state index in [-0.39, 0.29) is 6.61 Å². The van der Waals surface area contributed by atoms with Crippen molar-refractivity contribution < 1.29 is 14.6 Å². The Labute approximate surface area is 97.0 Å². The highest BCUT2D eigenvalue weighted by atomic mass is 16.5. The number of hydrogen-bond donors (Lipinski definition) is 1. The van der Waals surface area contributed by atoms with E-state index in [1.165, 1.54) is 5.56 Å². The van der Waals surface area contributed by atoms with Gasteiger partial charge in [0, 0.05) is 12.2 Å². The van der Waals surface area contributed by atoms with Crippen LogP contribution >= 0.6 is 0 Å². The highest BCUT2D eigenvalue weighted by molar-refractivity contribution is 5.51. The van der Waals surface area contributed by atoms with Gasteiger partial charge in [-0.15, -0.1) is 0 Å². The van der Waals surface area contributed by atoms with E-state index in [0.717, 1.165) is 36.3 Å². The van der Waals surface area contributed by atoms with Crippen molar-refractivity contribution >= 4 is 0 Å². The fraction of sp³-hybridized carbons (Fsp3) is 0.538.